The maximum Gasteiger partial charge on any atom is 0.325 e. The predicted octanol–water partition coefficient (Wildman–Crippen LogP) is -0.0884. The van der Waals surface area contributed by atoms with Gasteiger partial charge in [-0.05, 0) is 12.8 Å². The zero-order valence-electron chi connectivity index (χ0n) is 10.5. The molecule has 1 rings (SSSR count). The Hall–Kier alpha value is -1.79. The molecule has 2 amide bonds. The van der Waals surface area contributed by atoms with Crippen LogP contribution in [-0.2, 0) is 14.3 Å². The molecule has 0 spiro atoms. The van der Waals surface area contributed by atoms with Gasteiger partial charge in [0.15, 0.2) is 0 Å². The minimum Gasteiger partial charge on any atom is -0.481 e. The van der Waals surface area contributed by atoms with E-state index in [9.17, 15) is 14.4 Å². The van der Waals surface area contributed by atoms with Crippen molar-refractivity contribution in [3.8, 4) is 0 Å². The molecular weight excluding hydrogens is 240 g/mol. The van der Waals surface area contributed by atoms with Crippen LogP contribution in [0.25, 0.3) is 0 Å². The fourth-order valence-corrected chi connectivity index (χ4v) is 1.93. The fourth-order valence-electron chi connectivity index (χ4n) is 1.93. The fraction of sp³-hybridized carbons (Fsp3) is 0.727. The van der Waals surface area contributed by atoms with E-state index in [0.29, 0.717) is 6.54 Å². The highest BCUT2D eigenvalue weighted by Crippen LogP contribution is 2.22. The third-order valence-electron chi connectivity index (χ3n) is 2.91. The monoisotopic (exact) mass is 258 g/mol. The summed E-state index contributed by atoms with van der Waals surface area (Å²) < 4.78 is 4.67. The van der Waals surface area contributed by atoms with E-state index < -0.39 is 23.9 Å². The highest BCUT2D eigenvalue weighted by Gasteiger charge is 2.36. The number of urea groups is 1. The summed E-state index contributed by atoms with van der Waals surface area (Å²) in [6, 6.07) is -0.432. The summed E-state index contributed by atoms with van der Waals surface area (Å²) in [4.78, 5) is 35.0. The van der Waals surface area contributed by atoms with Gasteiger partial charge in [0.25, 0.3) is 0 Å². The number of ether oxygens (including phenoxy) is 1. The Morgan fingerprint density at radius 3 is 2.56 bits per heavy atom. The molecule has 0 aliphatic carbocycles. The molecule has 0 aromatic rings. The first-order chi connectivity index (χ1) is 8.45. The van der Waals surface area contributed by atoms with Crippen LogP contribution >= 0.6 is 0 Å². The van der Waals surface area contributed by atoms with E-state index >= 15 is 0 Å². The lowest BCUT2D eigenvalue weighted by molar-refractivity contribution is -0.143. The highest BCUT2D eigenvalue weighted by atomic mass is 16.5. The summed E-state index contributed by atoms with van der Waals surface area (Å²) in [5, 5.41) is 11.3. The molecule has 0 aromatic carbocycles. The quantitative estimate of drug-likeness (QED) is 0.687. The van der Waals surface area contributed by atoms with Crippen LogP contribution in [-0.4, -0.2) is 54.2 Å². The number of carbonyl (C=O) groups excluding carboxylic acids is 2. The van der Waals surface area contributed by atoms with Gasteiger partial charge in [0.1, 0.15) is 6.54 Å². The molecule has 102 valence electrons. The Kier molecular flexibility index (Phi) is 4.94. The SMILES string of the molecule is CCOC(=O)CNC(=O)N1C[C@@H](C)[C@H](C(=O)O)C1. The van der Waals surface area contributed by atoms with E-state index in [1.165, 1.54) is 4.90 Å². The maximum absolute atomic E-state index is 11.7. The molecule has 1 aliphatic rings. The lowest BCUT2D eigenvalue weighted by Crippen LogP contribution is -2.41. The van der Waals surface area contributed by atoms with E-state index in [2.05, 4.69) is 10.1 Å². The zero-order chi connectivity index (χ0) is 13.7. The number of rotatable bonds is 4. The third kappa shape index (κ3) is 3.61. The topological polar surface area (TPSA) is 95.9 Å². The summed E-state index contributed by atoms with van der Waals surface area (Å²) in [6.45, 7) is 4.08. The largest absolute Gasteiger partial charge is 0.481 e. The molecule has 1 fully saturated rings. The molecule has 0 bridgehead atoms. The van der Waals surface area contributed by atoms with Crippen molar-refractivity contribution in [2.75, 3.05) is 26.2 Å². The Labute approximate surface area is 105 Å². The number of hydrogen-bond acceptors (Lipinski definition) is 4. The number of nitrogens with zero attached hydrogens (tertiary/aromatic N) is 1. The summed E-state index contributed by atoms with van der Waals surface area (Å²) in [6.07, 6.45) is 0. The standard InChI is InChI=1S/C11H18N2O5/c1-3-18-9(14)4-12-11(17)13-5-7(2)8(6-13)10(15)16/h7-8H,3-6H2,1-2H3,(H,12,17)(H,15,16)/t7-,8-/m1/s1. The third-order valence-corrected chi connectivity index (χ3v) is 2.91. The summed E-state index contributed by atoms with van der Waals surface area (Å²) >= 11 is 0. The first-order valence-corrected chi connectivity index (χ1v) is 5.86. The van der Waals surface area contributed by atoms with Crippen LogP contribution in [0.2, 0.25) is 0 Å². The average Bonchev–Trinajstić information content (AvgIpc) is 2.69. The lowest BCUT2D eigenvalue weighted by Gasteiger charge is -2.16. The normalized spacial score (nSPS) is 22.7. The molecular formula is C11H18N2O5. The van der Waals surface area contributed by atoms with Crippen LogP contribution in [0.5, 0.6) is 0 Å². The van der Waals surface area contributed by atoms with Crippen LogP contribution in [0, 0.1) is 11.8 Å². The number of carboxylic acid groups (broad SMARTS) is 1. The Bertz CT molecular complexity index is 344. The van der Waals surface area contributed by atoms with Crippen molar-refractivity contribution in [2.24, 2.45) is 11.8 Å². The number of amides is 2. The molecule has 1 heterocycles. The summed E-state index contributed by atoms with van der Waals surface area (Å²) in [5.41, 5.74) is 0. The van der Waals surface area contributed by atoms with Gasteiger partial charge in [-0.1, -0.05) is 6.92 Å². The lowest BCUT2D eigenvalue weighted by atomic mass is 9.99. The van der Waals surface area contributed by atoms with E-state index in [1.54, 1.807) is 13.8 Å². The van der Waals surface area contributed by atoms with Gasteiger partial charge in [0, 0.05) is 13.1 Å². The summed E-state index contributed by atoms with van der Waals surface area (Å²) in [7, 11) is 0. The van der Waals surface area contributed by atoms with Gasteiger partial charge in [0.2, 0.25) is 0 Å². The van der Waals surface area contributed by atoms with Crippen molar-refractivity contribution in [1.82, 2.24) is 10.2 Å². The molecule has 18 heavy (non-hydrogen) atoms. The molecule has 2 atom stereocenters. The molecule has 2 N–H and O–H groups in total. The Morgan fingerprint density at radius 2 is 2.06 bits per heavy atom. The van der Waals surface area contributed by atoms with Gasteiger partial charge in [-0.2, -0.15) is 0 Å². The first kappa shape index (κ1) is 14.3. The second-order valence-corrected chi connectivity index (χ2v) is 4.29. The Balaban J connectivity index is 2.40. The molecule has 1 aliphatic heterocycles. The molecule has 0 aromatic heterocycles. The van der Waals surface area contributed by atoms with Gasteiger partial charge in [-0.15, -0.1) is 0 Å². The number of carboxylic acids is 1. The van der Waals surface area contributed by atoms with Crippen LogP contribution in [0.4, 0.5) is 4.79 Å². The summed E-state index contributed by atoms with van der Waals surface area (Å²) in [5.74, 6) is -2.04. The number of carbonyl (C=O) groups is 3. The molecule has 0 saturated carbocycles. The number of nitrogens with one attached hydrogen (secondary N) is 1. The van der Waals surface area contributed by atoms with Crippen LogP contribution in [0.1, 0.15) is 13.8 Å². The van der Waals surface area contributed by atoms with Gasteiger partial charge < -0.3 is 20.1 Å². The maximum atomic E-state index is 11.7. The predicted molar refractivity (Wildman–Crippen MR) is 61.9 cm³/mol. The van der Waals surface area contributed by atoms with E-state index in [-0.39, 0.29) is 25.6 Å². The minimum atomic E-state index is -0.900. The van der Waals surface area contributed by atoms with Crippen LogP contribution < -0.4 is 5.32 Å². The first-order valence-electron chi connectivity index (χ1n) is 5.86. The molecule has 0 radical (unpaired) electrons. The molecule has 0 unspecified atom stereocenters. The van der Waals surface area contributed by atoms with Crippen molar-refractivity contribution >= 4 is 18.0 Å². The van der Waals surface area contributed by atoms with Crippen LogP contribution in [0.3, 0.4) is 0 Å². The van der Waals surface area contributed by atoms with Gasteiger partial charge >= 0.3 is 18.0 Å². The zero-order valence-corrected chi connectivity index (χ0v) is 10.5. The van der Waals surface area contributed by atoms with Gasteiger partial charge in [-0.25, -0.2) is 4.79 Å². The van der Waals surface area contributed by atoms with Crippen molar-refractivity contribution in [2.45, 2.75) is 13.8 Å². The van der Waals surface area contributed by atoms with Crippen molar-refractivity contribution in [3.05, 3.63) is 0 Å². The number of likely N-dealkylation sites (tertiary alicyclic amines) is 1. The van der Waals surface area contributed by atoms with E-state index in [4.69, 9.17) is 5.11 Å². The second-order valence-electron chi connectivity index (χ2n) is 4.29. The number of esters is 1. The molecule has 7 heteroatoms. The highest BCUT2D eigenvalue weighted by molar-refractivity contribution is 5.82. The van der Waals surface area contributed by atoms with Crippen molar-refractivity contribution in [3.63, 3.8) is 0 Å². The van der Waals surface area contributed by atoms with E-state index in [0.717, 1.165) is 0 Å². The average molecular weight is 258 g/mol. The van der Waals surface area contributed by atoms with Gasteiger partial charge in [-0.3, -0.25) is 9.59 Å². The van der Waals surface area contributed by atoms with Crippen molar-refractivity contribution in [1.29, 1.82) is 0 Å². The van der Waals surface area contributed by atoms with E-state index in [1.807, 2.05) is 0 Å². The number of aliphatic carboxylic acids is 1. The molecule has 1 saturated heterocycles. The Morgan fingerprint density at radius 1 is 1.39 bits per heavy atom. The number of hydrogen-bond donors (Lipinski definition) is 2. The van der Waals surface area contributed by atoms with Crippen LogP contribution in [0.15, 0.2) is 0 Å². The second kappa shape index (κ2) is 6.23. The minimum absolute atomic E-state index is 0.0872. The van der Waals surface area contributed by atoms with Crippen molar-refractivity contribution < 1.29 is 24.2 Å². The van der Waals surface area contributed by atoms with Gasteiger partial charge in [0.05, 0.1) is 12.5 Å². The molecule has 7 nitrogen and oxygen atoms in total. The smallest absolute Gasteiger partial charge is 0.325 e.